The van der Waals surface area contributed by atoms with Gasteiger partial charge in [0.15, 0.2) is 0 Å². The van der Waals surface area contributed by atoms with Crippen molar-refractivity contribution in [3.05, 3.63) is 29.6 Å². The summed E-state index contributed by atoms with van der Waals surface area (Å²) in [5.41, 5.74) is 4.77. The largest absolute Gasteiger partial charge is 0.444 e. The van der Waals surface area contributed by atoms with Crippen molar-refractivity contribution < 1.29 is 22.7 Å². The van der Waals surface area contributed by atoms with Gasteiger partial charge in [-0.05, 0) is 44.9 Å². The van der Waals surface area contributed by atoms with E-state index in [-0.39, 0.29) is 17.7 Å². The minimum absolute atomic E-state index is 0.0672. The number of halogens is 3. The predicted molar refractivity (Wildman–Crippen MR) is 73.9 cm³/mol. The van der Waals surface area contributed by atoms with Gasteiger partial charge in [0, 0.05) is 5.69 Å². The van der Waals surface area contributed by atoms with Gasteiger partial charge in [-0.2, -0.15) is 0 Å². The first-order chi connectivity index (χ1) is 9.58. The van der Waals surface area contributed by atoms with Crippen molar-refractivity contribution in [2.75, 3.05) is 5.32 Å². The Morgan fingerprint density at radius 3 is 2.48 bits per heavy atom. The van der Waals surface area contributed by atoms with E-state index < -0.39 is 30.0 Å². The summed E-state index contributed by atoms with van der Waals surface area (Å²) >= 11 is 0. The zero-order valence-corrected chi connectivity index (χ0v) is 12.1. The van der Waals surface area contributed by atoms with Crippen LogP contribution in [0.15, 0.2) is 18.2 Å². The number of nitrogens with two attached hydrogens (primary N) is 1. The van der Waals surface area contributed by atoms with Gasteiger partial charge in [0.05, 0.1) is 6.04 Å². The first kappa shape index (κ1) is 17.3. The van der Waals surface area contributed by atoms with Crippen LogP contribution >= 0.6 is 0 Å². The van der Waals surface area contributed by atoms with E-state index in [0.717, 1.165) is 6.07 Å². The summed E-state index contributed by atoms with van der Waals surface area (Å²) in [6, 6.07) is 2.33. The quantitative estimate of drug-likeness (QED) is 0.897. The molecule has 1 amide bonds. The fourth-order valence-corrected chi connectivity index (χ4v) is 1.56. The summed E-state index contributed by atoms with van der Waals surface area (Å²) in [6.07, 6.45) is -3.72. The number of benzene rings is 1. The minimum Gasteiger partial charge on any atom is -0.444 e. The molecule has 0 aliphatic rings. The number of nitrogens with one attached hydrogen (secondary N) is 1. The van der Waals surface area contributed by atoms with Crippen LogP contribution in [0.3, 0.4) is 0 Å². The molecule has 1 aromatic rings. The monoisotopic (exact) mass is 304 g/mol. The average molecular weight is 304 g/mol. The van der Waals surface area contributed by atoms with Crippen molar-refractivity contribution in [2.24, 2.45) is 5.73 Å². The van der Waals surface area contributed by atoms with E-state index in [1.54, 1.807) is 20.8 Å². The van der Waals surface area contributed by atoms with Gasteiger partial charge in [-0.1, -0.05) is 6.07 Å². The molecule has 0 aliphatic carbocycles. The van der Waals surface area contributed by atoms with E-state index in [2.05, 4.69) is 5.32 Å². The van der Waals surface area contributed by atoms with E-state index in [9.17, 15) is 18.0 Å². The molecule has 4 nitrogen and oxygen atoms in total. The standard InChI is InChI=1S/C14H19F3N2O2/c1-14(2,3)21-13(20)19-9-5-4-8(10(15)7-9)6-11(18)12(16)17/h4-5,7,11-12H,6,18H2,1-3H3,(H,19,20). The van der Waals surface area contributed by atoms with Gasteiger partial charge in [0.1, 0.15) is 11.4 Å². The number of carbonyl (C=O) groups is 1. The Bertz CT molecular complexity index is 501. The van der Waals surface area contributed by atoms with E-state index in [0.29, 0.717) is 0 Å². The van der Waals surface area contributed by atoms with Gasteiger partial charge in [0.2, 0.25) is 0 Å². The molecule has 7 heteroatoms. The van der Waals surface area contributed by atoms with Crippen LogP contribution in [-0.4, -0.2) is 24.2 Å². The van der Waals surface area contributed by atoms with Crippen molar-refractivity contribution in [3.63, 3.8) is 0 Å². The van der Waals surface area contributed by atoms with Crippen molar-refractivity contribution in [3.8, 4) is 0 Å². The Labute approximate surface area is 121 Å². The first-order valence-corrected chi connectivity index (χ1v) is 6.40. The van der Waals surface area contributed by atoms with Crippen molar-refractivity contribution >= 4 is 11.8 Å². The van der Waals surface area contributed by atoms with Crippen LogP contribution in [-0.2, 0) is 11.2 Å². The number of hydrogen-bond acceptors (Lipinski definition) is 3. The molecule has 118 valence electrons. The molecule has 0 saturated heterocycles. The SMILES string of the molecule is CC(C)(C)OC(=O)Nc1ccc(CC(N)C(F)F)c(F)c1. The third kappa shape index (κ3) is 6.03. The molecular weight excluding hydrogens is 285 g/mol. The first-order valence-electron chi connectivity index (χ1n) is 6.40. The van der Waals surface area contributed by atoms with Gasteiger partial charge in [0.25, 0.3) is 6.43 Å². The molecule has 1 atom stereocenters. The minimum atomic E-state index is -2.72. The molecule has 0 aliphatic heterocycles. The van der Waals surface area contributed by atoms with Crippen LogP contribution in [0.1, 0.15) is 26.3 Å². The zero-order chi connectivity index (χ0) is 16.2. The van der Waals surface area contributed by atoms with Crippen molar-refractivity contribution in [2.45, 2.75) is 45.3 Å². The molecule has 0 saturated carbocycles. The maximum Gasteiger partial charge on any atom is 0.412 e. The van der Waals surface area contributed by atoms with E-state index in [4.69, 9.17) is 10.5 Å². The lowest BCUT2D eigenvalue weighted by Crippen LogP contribution is -2.31. The second kappa shape index (κ2) is 6.80. The van der Waals surface area contributed by atoms with Crippen molar-refractivity contribution in [1.82, 2.24) is 0 Å². The van der Waals surface area contributed by atoms with Crippen LogP contribution in [0.5, 0.6) is 0 Å². The number of anilines is 1. The van der Waals surface area contributed by atoms with Crippen LogP contribution in [0.2, 0.25) is 0 Å². The number of alkyl halides is 2. The Morgan fingerprint density at radius 1 is 1.38 bits per heavy atom. The van der Waals surface area contributed by atoms with Crippen LogP contribution in [0.4, 0.5) is 23.7 Å². The number of hydrogen-bond donors (Lipinski definition) is 2. The molecule has 0 spiro atoms. The lowest BCUT2D eigenvalue weighted by molar-refractivity contribution is 0.0636. The molecule has 0 radical (unpaired) electrons. The second-order valence-corrected chi connectivity index (χ2v) is 5.64. The Kier molecular flexibility index (Phi) is 5.60. The molecular formula is C14H19F3N2O2. The summed E-state index contributed by atoms with van der Waals surface area (Å²) in [7, 11) is 0. The summed E-state index contributed by atoms with van der Waals surface area (Å²) in [5, 5.41) is 2.36. The molecule has 1 aromatic carbocycles. The summed E-state index contributed by atoms with van der Waals surface area (Å²) in [6.45, 7) is 5.09. The van der Waals surface area contributed by atoms with Gasteiger partial charge in [-0.3, -0.25) is 5.32 Å². The van der Waals surface area contributed by atoms with Gasteiger partial charge in [-0.25, -0.2) is 18.0 Å². The molecule has 1 rings (SSSR count). The average Bonchev–Trinajstić information content (AvgIpc) is 2.29. The maximum atomic E-state index is 13.8. The molecule has 0 heterocycles. The lowest BCUT2D eigenvalue weighted by Gasteiger charge is -2.19. The van der Waals surface area contributed by atoms with Crippen LogP contribution in [0, 0.1) is 5.82 Å². The van der Waals surface area contributed by atoms with Gasteiger partial charge in [-0.15, -0.1) is 0 Å². The number of amides is 1. The van der Waals surface area contributed by atoms with Crippen molar-refractivity contribution in [1.29, 1.82) is 0 Å². The fraction of sp³-hybridized carbons (Fsp3) is 0.500. The van der Waals surface area contributed by atoms with E-state index in [1.807, 2.05) is 0 Å². The maximum absolute atomic E-state index is 13.8. The summed E-state index contributed by atoms with van der Waals surface area (Å²) in [4.78, 5) is 11.5. The molecule has 3 N–H and O–H groups in total. The molecule has 0 aromatic heterocycles. The third-order valence-electron chi connectivity index (χ3n) is 2.48. The molecule has 0 bridgehead atoms. The van der Waals surface area contributed by atoms with E-state index in [1.165, 1.54) is 12.1 Å². The predicted octanol–water partition coefficient (Wildman–Crippen LogP) is 3.31. The number of rotatable bonds is 4. The number of ether oxygens (including phenoxy) is 1. The highest BCUT2D eigenvalue weighted by Crippen LogP contribution is 2.18. The summed E-state index contributed by atoms with van der Waals surface area (Å²) < 4.78 is 43.5. The van der Waals surface area contributed by atoms with Crippen LogP contribution < -0.4 is 11.1 Å². The summed E-state index contributed by atoms with van der Waals surface area (Å²) in [5.74, 6) is -0.709. The second-order valence-electron chi connectivity index (χ2n) is 5.64. The fourth-order valence-electron chi connectivity index (χ4n) is 1.56. The number of carbonyl (C=O) groups excluding carboxylic acids is 1. The highest BCUT2D eigenvalue weighted by atomic mass is 19.3. The lowest BCUT2D eigenvalue weighted by atomic mass is 10.1. The van der Waals surface area contributed by atoms with Gasteiger partial charge >= 0.3 is 6.09 Å². The smallest absolute Gasteiger partial charge is 0.412 e. The molecule has 1 unspecified atom stereocenters. The normalized spacial score (nSPS) is 13.1. The zero-order valence-electron chi connectivity index (χ0n) is 12.1. The highest BCUT2D eigenvalue weighted by molar-refractivity contribution is 5.84. The third-order valence-corrected chi connectivity index (χ3v) is 2.48. The Balaban J connectivity index is 2.72. The van der Waals surface area contributed by atoms with Gasteiger partial charge < -0.3 is 10.5 Å². The highest BCUT2D eigenvalue weighted by Gasteiger charge is 2.19. The topological polar surface area (TPSA) is 64.3 Å². The van der Waals surface area contributed by atoms with Crippen LogP contribution in [0.25, 0.3) is 0 Å². The molecule has 21 heavy (non-hydrogen) atoms. The Morgan fingerprint density at radius 2 is 2.00 bits per heavy atom. The Hall–Kier alpha value is -1.76. The molecule has 0 fully saturated rings. The van der Waals surface area contributed by atoms with E-state index >= 15 is 0 Å².